The molecular formula is C11H16BrNO2. The molecule has 2 N–H and O–H groups in total. The lowest BCUT2D eigenvalue weighted by Gasteiger charge is -2.08. The van der Waals surface area contributed by atoms with Gasteiger partial charge in [0, 0.05) is 16.7 Å². The van der Waals surface area contributed by atoms with Gasteiger partial charge in [-0.15, -0.1) is 0 Å². The number of aliphatic hydroxyl groups excluding tert-OH is 1. The van der Waals surface area contributed by atoms with E-state index in [1.807, 2.05) is 12.1 Å². The van der Waals surface area contributed by atoms with Gasteiger partial charge in [-0.3, -0.25) is 0 Å². The first kappa shape index (κ1) is 12.5. The lowest BCUT2D eigenvalue weighted by atomic mass is 10.2. The maximum absolute atomic E-state index is 8.50. The quantitative estimate of drug-likeness (QED) is 0.781. The van der Waals surface area contributed by atoms with Gasteiger partial charge in [-0.2, -0.15) is 0 Å². The molecule has 1 aromatic rings. The maximum Gasteiger partial charge on any atom is 0.0698 e. The second-order valence-electron chi connectivity index (χ2n) is 3.23. The number of aryl methyl sites for hydroxylation is 1. The molecule has 84 valence electrons. The number of ether oxygens (including phenoxy) is 1. The first-order valence-electron chi connectivity index (χ1n) is 4.92. The van der Waals surface area contributed by atoms with E-state index in [-0.39, 0.29) is 6.61 Å². The van der Waals surface area contributed by atoms with Crippen LogP contribution in [0.5, 0.6) is 0 Å². The zero-order valence-electron chi connectivity index (χ0n) is 8.79. The highest BCUT2D eigenvalue weighted by molar-refractivity contribution is 9.10. The highest BCUT2D eigenvalue weighted by Gasteiger charge is 1.96. The second-order valence-corrected chi connectivity index (χ2v) is 4.08. The summed E-state index contributed by atoms with van der Waals surface area (Å²) in [6.45, 7) is 3.90. The number of halogens is 1. The van der Waals surface area contributed by atoms with Crippen molar-refractivity contribution in [1.29, 1.82) is 0 Å². The molecule has 0 aliphatic rings. The van der Waals surface area contributed by atoms with E-state index in [0.717, 1.165) is 16.7 Å². The van der Waals surface area contributed by atoms with Gasteiger partial charge in [0.05, 0.1) is 19.8 Å². The molecule has 0 saturated carbocycles. The first-order valence-corrected chi connectivity index (χ1v) is 5.72. The van der Waals surface area contributed by atoms with Crippen LogP contribution in [0.15, 0.2) is 22.7 Å². The van der Waals surface area contributed by atoms with Crippen molar-refractivity contribution in [1.82, 2.24) is 0 Å². The number of rotatable bonds is 6. The lowest BCUT2D eigenvalue weighted by Crippen LogP contribution is -2.11. The van der Waals surface area contributed by atoms with E-state index in [9.17, 15) is 0 Å². The zero-order valence-corrected chi connectivity index (χ0v) is 10.4. The summed E-state index contributed by atoms with van der Waals surface area (Å²) in [7, 11) is 0. The number of benzene rings is 1. The van der Waals surface area contributed by atoms with Gasteiger partial charge in [0.2, 0.25) is 0 Å². The van der Waals surface area contributed by atoms with E-state index >= 15 is 0 Å². The SMILES string of the molecule is Cc1cc(NCCOCCO)ccc1Br. The molecule has 0 radical (unpaired) electrons. The molecule has 1 rings (SSSR count). The van der Waals surface area contributed by atoms with Crippen molar-refractivity contribution in [3.8, 4) is 0 Å². The molecule has 0 spiro atoms. The van der Waals surface area contributed by atoms with Gasteiger partial charge in [0.15, 0.2) is 0 Å². The Morgan fingerprint density at radius 2 is 2.20 bits per heavy atom. The lowest BCUT2D eigenvalue weighted by molar-refractivity contribution is 0.0992. The van der Waals surface area contributed by atoms with Crippen LogP contribution in [0.3, 0.4) is 0 Å². The summed E-state index contributed by atoms with van der Waals surface area (Å²) in [5.74, 6) is 0. The molecule has 0 unspecified atom stereocenters. The Hall–Kier alpha value is -0.580. The second kappa shape index (κ2) is 6.82. The Morgan fingerprint density at radius 3 is 2.87 bits per heavy atom. The topological polar surface area (TPSA) is 41.5 Å². The van der Waals surface area contributed by atoms with Crippen molar-refractivity contribution in [2.45, 2.75) is 6.92 Å². The van der Waals surface area contributed by atoms with Gasteiger partial charge in [-0.25, -0.2) is 0 Å². The zero-order chi connectivity index (χ0) is 11.1. The minimum atomic E-state index is 0.0807. The Balaban J connectivity index is 2.28. The van der Waals surface area contributed by atoms with Crippen LogP contribution in [0.2, 0.25) is 0 Å². The Bertz CT molecular complexity index is 305. The third kappa shape index (κ3) is 4.64. The number of nitrogens with one attached hydrogen (secondary N) is 1. The Kier molecular flexibility index (Phi) is 5.68. The van der Waals surface area contributed by atoms with Gasteiger partial charge in [0.25, 0.3) is 0 Å². The number of anilines is 1. The van der Waals surface area contributed by atoms with Crippen LogP contribution in [0.1, 0.15) is 5.56 Å². The fourth-order valence-corrected chi connectivity index (χ4v) is 1.44. The van der Waals surface area contributed by atoms with Crippen molar-refractivity contribution in [3.63, 3.8) is 0 Å². The molecular weight excluding hydrogens is 258 g/mol. The highest BCUT2D eigenvalue weighted by atomic mass is 79.9. The molecule has 0 atom stereocenters. The van der Waals surface area contributed by atoms with E-state index in [1.54, 1.807) is 0 Å². The monoisotopic (exact) mass is 273 g/mol. The summed E-state index contributed by atoms with van der Waals surface area (Å²) in [6.07, 6.45) is 0. The van der Waals surface area contributed by atoms with E-state index < -0.39 is 0 Å². The van der Waals surface area contributed by atoms with Crippen LogP contribution in [-0.2, 0) is 4.74 Å². The molecule has 0 bridgehead atoms. The number of hydrogen-bond acceptors (Lipinski definition) is 3. The number of aliphatic hydroxyl groups is 1. The van der Waals surface area contributed by atoms with Crippen LogP contribution in [-0.4, -0.2) is 31.5 Å². The molecule has 0 heterocycles. The molecule has 0 aliphatic heterocycles. The van der Waals surface area contributed by atoms with Crippen LogP contribution in [0, 0.1) is 6.92 Å². The predicted molar refractivity (Wildman–Crippen MR) is 65.3 cm³/mol. The van der Waals surface area contributed by atoms with E-state index in [4.69, 9.17) is 9.84 Å². The average Bonchev–Trinajstić information content (AvgIpc) is 2.23. The van der Waals surface area contributed by atoms with Crippen LogP contribution in [0.25, 0.3) is 0 Å². The average molecular weight is 274 g/mol. The smallest absolute Gasteiger partial charge is 0.0698 e. The van der Waals surface area contributed by atoms with Crippen LogP contribution >= 0.6 is 15.9 Å². The van der Waals surface area contributed by atoms with Gasteiger partial charge in [-0.05, 0) is 30.7 Å². The summed E-state index contributed by atoms with van der Waals surface area (Å²) < 4.78 is 6.25. The van der Waals surface area contributed by atoms with Crippen molar-refractivity contribution in [3.05, 3.63) is 28.2 Å². The minimum absolute atomic E-state index is 0.0807. The summed E-state index contributed by atoms with van der Waals surface area (Å²) >= 11 is 3.45. The molecule has 4 heteroatoms. The standard InChI is InChI=1S/C11H16BrNO2/c1-9-8-10(2-3-11(9)12)13-4-6-15-7-5-14/h2-3,8,13-14H,4-7H2,1H3. The Labute approximate surface area is 98.6 Å². The fourth-order valence-electron chi connectivity index (χ4n) is 1.19. The van der Waals surface area contributed by atoms with Gasteiger partial charge in [0.1, 0.15) is 0 Å². The van der Waals surface area contributed by atoms with Crippen LogP contribution < -0.4 is 5.32 Å². The molecule has 15 heavy (non-hydrogen) atoms. The fraction of sp³-hybridized carbons (Fsp3) is 0.455. The summed E-state index contributed by atoms with van der Waals surface area (Å²) in [5, 5.41) is 11.7. The van der Waals surface area contributed by atoms with E-state index in [2.05, 4.69) is 34.2 Å². The first-order chi connectivity index (χ1) is 7.24. The summed E-state index contributed by atoms with van der Waals surface area (Å²) in [6, 6.07) is 6.12. The van der Waals surface area contributed by atoms with E-state index in [0.29, 0.717) is 13.2 Å². The largest absolute Gasteiger partial charge is 0.394 e. The summed E-state index contributed by atoms with van der Waals surface area (Å²) in [4.78, 5) is 0. The summed E-state index contributed by atoms with van der Waals surface area (Å²) in [5.41, 5.74) is 2.29. The molecule has 0 aromatic heterocycles. The third-order valence-electron chi connectivity index (χ3n) is 1.97. The Morgan fingerprint density at radius 1 is 1.40 bits per heavy atom. The van der Waals surface area contributed by atoms with Crippen LogP contribution in [0.4, 0.5) is 5.69 Å². The molecule has 3 nitrogen and oxygen atoms in total. The molecule has 0 saturated heterocycles. The van der Waals surface area contributed by atoms with Crippen molar-refractivity contribution in [2.75, 3.05) is 31.7 Å². The molecule has 0 fully saturated rings. The highest BCUT2D eigenvalue weighted by Crippen LogP contribution is 2.19. The van der Waals surface area contributed by atoms with Crippen molar-refractivity contribution >= 4 is 21.6 Å². The predicted octanol–water partition coefficient (Wildman–Crippen LogP) is 2.18. The van der Waals surface area contributed by atoms with Gasteiger partial charge >= 0.3 is 0 Å². The van der Waals surface area contributed by atoms with Gasteiger partial charge in [-0.1, -0.05) is 15.9 Å². The molecule has 0 amide bonds. The molecule has 0 aliphatic carbocycles. The van der Waals surface area contributed by atoms with Crippen molar-refractivity contribution in [2.24, 2.45) is 0 Å². The van der Waals surface area contributed by atoms with Crippen molar-refractivity contribution < 1.29 is 9.84 Å². The third-order valence-corrected chi connectivity index (χ3v) is 2.86. The number of hydrogen-bond donors (Lipinski definition) is 2. The molecule has 1 aromatic carbocycles. The normalized spacial score (nSPS) is 10.3. The maximum atomic E-state index is 8.50. The minimum Gasteiger partial charge on any atom is -0.394 e. The van der Waals surface area contributed by atoms with Gasteiger partial charge < -0.3 is 15.2 Å². The van der Waals surface area contributed by atoms with E-state index in [1.165, 1.54) is 5.56 Å².